The maximum absolute atomic E-state index is 5.01. The van der Waals surface area contributed by atoms with Gasteiger partial charge in [0.2, 0.25) is 0 Å². The molecule has 1 aromatic heterocycles. The molecule has 0 saturated heterocycles. The molecule has 1 saturated carbocycles. The van der Waals surface area contributed by atoms with Gasteiger partial charge in [0, 0.05) is 13.0 Å². The number of hydrogen-bond donors (Lipinski definition) is 0. The van der Waals surface area contributed by atoms with Crippen molar-refractivity contribution in [3.05, 3.63) is 11.7 Å². The van der Waals surface area contributed by atoms with Crippen molar-refractivity contribution in [2.75, 3.05) is 7.11 Å². The van der Waals surface area contributed by atoms with Crippen molar-refractivity contribution in [2.45, 2.75) is 32.8 Å². The summed E-state index contributed by atoms with van der Waals surface area (Å²) in [5, 5.41) is 3.93. The fraction of sp³-hybridized carbons (Fsp3) is 0.778. The molecule has 1 atom stereocenters. The molecule has 1 fully saturated rings. The van der Waals surface area contributed by atoms with Gasteiger partial charge in [-0.25, -0.2) is 0 Å². The minimum Gasteiger partial charge on any atom is -0.375 e. The fourth-order valence-electron chi connectivity index (χ4n) is 1.50. The monoisotopic (exact) mass is 182 g/mol. The van der Waals surface area contributed by atoms with Crippen molar-refractivity contribution in [3.63, 3.8) is 0 Å². The van der Waals surface area contributed by atoms with Crippen molar-refractivity contribution in [3.8, 4) is 0 Å². The van der Waals surface area contributed by atoms with Gasteiger partial charge in [-0.05, 0) is 11.8 Å². The third kappa shape index (κ3) is 1.58. The Morgan fingerprint density at radius 2 is 2.31 bits per heavy atom. The first-order valence-corrected chi connectivity index (χ1v) is 4.45. The smallest absolute Gasteiger partial charge is 0.252 e. The lowest BCUT2D eigenvalue weighted by molar-refractivity contribution is 0.151. The molecule has 13 heavy (non-hydrogen) atoms. The number of ether oxygens (including phenoxy) is 1. The second-order valence-electron chi connectivity index (χ2n) is 4.22. The lowest BCUT2D eigenvalue weighted by Crippen LogP contribution is -1.93. The van der Waals surface area contributed by atoms with E-state index in [1.165, 1.54) is 0 Å². The highest BCUT2D eigenvalue weighted by Gasteiger charge is 2.49. The molecule has 0 radical (unpaired) electrons. The van der Waals surface area contributed by atoms with Crippen LogP contribution in [0.1, 0.15) is 37.9 Å². The largest absolute Gasteiger partial charge is 0.375 e. The molecule has 0 N–H and O–H groups in total. The zero-order valence-corrected chi connectivity index (χ0v) is 8.20. The molecule has 0 aliphatic heterocycles. The number of nitrogens with zero attached hydrogens (tertiary/aromatic N) is 2. The van der Waals surface area contributed by atoms with E-state index < -0.39 is 0 Å². The molecule has 1 aromatic rings. The molecule has 1 unspecified atom stereocenters. The summed E-state index contributed by atoms with van der Waals surface area (Å²) in [6, 6.07) is 0. The molecule has 0 amide bonds. The summed E-state index contributed by atoms with van der Waals surface area (Å²) in [5.74, 6) is 1.87. The van der Waals surface area contributed by atoms with Crippen LogP contribution in [0.3, 0.4) is 0 Å². The second-order valence-corrected chi connectivity index (χ2v) is 4.22. The van der Waals surface area contributed by atoms with E-state index >= 15 is 0 Å². The van der Waals surface area contributed by atoms with Gasteiger partial charge >= 0.3 is 0 Å². The van der Waals surface area contributed by atoms with Gasteiger partial charge in [-0.15, -0.1) is 0 Å². The summed E-state index contributed by atoms with van der Waals surface area (Å²) >= 11 is 0. The van der Waals surface area contributed by atoms with Crippen LogP contribution in [0.2, 0.25) is 0 Å². The Morgan fingerprint density at radius 1 is 1.62 bits per heavy atom. The lowest BCUT2D eigenvalue weighted by atomic mass is 10.1. The third-order valence-corrected chi connectivity index (χ3v) is 2.58. The van der Waals surface area contributed by atoms with Crippen molar-refractivity contribution in [1.29, 1.82) is 0 Å². The molecule has 72 valence electrons. The van der Waals surface area contributed by atoms with E-state index in [-0.39, 0.29) is 0 Å². The summed E-state index contributed by atoms with van der Waals surface area (Å²) in [6.45, 7) is 4.83. The molecule has 1 aliphatic carbocycles. The van der Waals surface area contributed by atoms with E-state index in [9.17, 15) is 0 Å². The van der Waals surface area contributed by atoms with E-state index in [0.29, 0.717) is 23.8 Å². The average molecular weight is 182 g/mol. The first-order valence-electron chi connectivity index (χ1n) is 4.45. The van der Waals surface area contributed by atoms with Crippen molar-refractivity contribution in [1.82, 2.24) is 10.1 Å². The first-order chi connectivity index (χ1) is 6.13. The second kappa shape index (κ2) is 2.80. The van der Waals surface area contributed by atoms with Crippen LogP contribution in [-0.4, -0.2) is 17.3 Å². The van der Waals surface area contributed by atoms with Crippen LogP contribution in [-0.2, 0) is 11.3 Å². The normalized spacial score (nSPS) is 24.7. The lowest BCUT2D eigenvalue weighted by Gasteiger charge is -1.95. The Hall–Kier alpha value is -0.900. The molecule has 4 nitrogen and oxygen atoms in total. The van der Waals surface area contributed by atoms with Gasteiger partial charge in [-0.3, -0.25) is 0 Å². The van der Waals surface area contributed by atoms with Gasteiger partial charge in [0.25, 0.3) is 5.89 Å². The van der Waals surface area contributed by atoms with Crippen molar-refractivity contribution in [2.24, 2.45) is 5.41 Å². The van der Waals surface area contributed by atoms with Crippen LogP contribution >= 0.6 is 0 Å². The molecular formula is C9H14N2O2. The zero-order valence-electron chi connectivity index (χ0n) is 8.20. The Balaban J connectivity index is 2.07. The van der Waals surface area contributed by atoms with Crippen LogP contribution < -0.4 is 0 Å². The topological polar surface area (TPSA) is 48.2 Å². The van der Waals surface area contributed by atoms with Crippen molar-refractivity contribution < 1.29 is 9.26 Å². The molecule has 1 aliphatic rings. The van der Waals surface area contributed by atoms with E-state index in [1.807, 2.05) is 0 Å². The number of aromatic nitrogens is 2. The zero-order chi connectivity index (χ0) is 9.47. The Kier molecular flexibility index (Phi) is 1.87. The molecule has 4 heteroatoms. The molecule has 0 bridgehead atoms. The minimum atomic E-state index is 0.355. The molecule has 0 spiro atoms. The highest BCUT2D eigenvalue weighted by molar-refractivity contribution is 5.14. The quantitative estimate of drug-likeness (QED) is 0.714. The average Bonchev–Trinajstić information content (AvgIpc) is 2.52. The van der Waals surface area contributed by atoms with Crippen LogP contribution in [0.4, 0.5) is 0 Å². The van der Waals surface area contributed by atoms with Gasteiger partial charge in [-0.1, -0.05) is 19.0 Å². The summed E-state index contributed by atoms with van der Waals surface area (Å²) in [7, 11) is 1.62. The maximum Gasteiger partial charge on any atom is 0.252 e. The first kappa shape index (κ1) is 8.69. The summed E-state index contributed by atoms with van der Waals surface area (Å²) in [5.41, 5.74) is 0.355. The van der Waals surface area contributed by atoms with Crippen LogP contribution in [0.15, 0.2) is 4.52 Å². The maximum atomic E-state index is 5.01. The molecule has 1 heterocycles. The van der Waals surface area contributed by atoms with Gasteiger partial charge in [0.05, 0.1) is 0 Å². The molecular weight excluding hydrogens is 168 g/mol. The standard InChI is InChI=1S/C9H14N2O2/c1-9(2)4-6(9)8-10-7(5-12-3)13-11-8/h6H,4-5H2,1-3H3. The molecule has 2 rings (SSSR count). The van der Waals surface area contributed by atoms with Gasteiger partial charge in [0.15, 0.2) is 5.82 Å². The third-order valence-electron chi connectivity index (χ3n) is 2.58. The summed E-state index contributed by atoms with van der Waals surface area (Å²) < 4.78 is 9.91. The summed E-state index contributed by atoms with van der Waals surface area (Å²) in [4.78, 5) is 4.25. The highest BCUT2D eigenvalue weighted by atomic mass is 16.5. The van der Waals surface area contributed by atoms with Gasteiger partial charge < -0.3 is 9.26 Å². The number of rotatable bonds is 3. The SMILES string of the molecule is COCc1nc(C2CC2(C)C)no1. The number of hydrogen-bond acceptors (Lipinski definition) is 4. The Labute approximate surface area is 77.3 Å². The van der Waals surface area contributed by atoms with E-state index in [1.54, 1.807) is 7.11 Å². The van der Waals surface area contributed by atoms with E-state index in [2.05, 4.69) is 24.0 Å². The van der Waals surface area contributed by atoms with E-state index in [4.69, 9.17) is 9.26 Å². The van der Waals surface area contributed by atoms with Gasteiger partial charge in [-0.2, -0.15) is 4.98 Å². The van der Waals surface area contributed by atoms with Crippen LogP contribution in [0.25, 0.3) is 0 Å². The predicted octanol–water partition coefficient (Wildman–Crippen LogP) is 1.73. The number of methoxy groups -OCH3 is 1. The van der Waals surface area contributed by atoms with Crippen molar-refractivity contribution >= 4 is 0 Å². The van der Waals surface area contributed by atoms with Crippen LogP contribution in [0.5, 0.6) is 0 Å². The Bertz CT molecular complexity index is 306. The molecule has 0 aromatic carbocycles. The summed E-state index contributed by atoms with van der Waals surface area (Å²) in [6.07, 6.45) is 1.15. The highest BCUT2D eigenvalue weighted by Crippen LogP contribution is 2.57. The van der Waals surface area contributed by atoms with Gasteiger partial charge in [0.1, 0.15) is 6.61 Å². The van der Waals surface area contributed by atoms with E-state index in [0.717, 1.165) is 12.2 Å². The predicted molar refractivity (Wildman–Crippen MR) is 46.2 cm³/mol. The Morgan fingerprint density at radius 3 is 2.85 bits per heavy atom. The van der Waals surface area contributed by atoms with Crippen LogP contribution in [0, 0.1) is 5.41 Å². The minimum absolute atomic E-state index is 0.355. The fourth-order valence-corrected chi connectivity index (χ4v) is 1.50.